The minimum absolute atomic E-state index is 0.204. The van der Waals surface area contributed by atoms with Gasteiger partial charge in [-0.15, -0.1) is 11.8 Å². The van der Waals surface area contributed by atoms with Gasteiger partial charge in [0, 0.05) is 22.9 Å². The fourth-order valence-electron chi connectivity index (χ4n) is 1.65. The van der Waals surface area contributed by atoms with Crippen LogP contribution in [-0.4, -0.2) is 27.6 Å². The van der Waals surface area contributed by atoms with Crippen LogP contribution >= 0.6 is 11.8 Å². The van der Waals surface area contributed by atoms with Gasteiger partial charge in [-0.3, -0.25) is 14.6 Å². The molecular weight excluding hydrogens is 305 g/mol. The summed E-state index contributed by atoms with van der Waals surface area (Å²) >= 11 is 0.874. The molecule has 112 valence electrons. The van der Waals surface area contributed by atoms with Crippen molar-refractivity contribution in [2.45, 2.75) is 4.90 Å². The third-order valence-corrected chi connectivity index (χ3v) is 3.71. The van der Waals surface area contributed by atoms with Gasteiger partial charge < -0.3 is 5.11 Å². The first-order valence-electron chi connectivity index (χ1n) is 6.33. The van der Waals surface area contributed by atoms with E-state index in [0.29, 0.717) is 0 Å². The van der Waals surface area contributed by atoms with E-state index in [-0.39, 0.29) is 22.0 Å². The second kappa shape index (κ2) is 7.51. The zero-order chi connectivity index (χ0) is 15.9. The first-order valence-corrected chi connectivity index (χ1v) is 7.31. The van der Waals surface area contributed by atoms with Crippen molar-refractivity contribution in [1.29, 1.82) is 0 Å². The number of aromatic nitrogens is 1. The average molecular weight is 317 g/mol. The Bertz CT molecular complexity index is 717. The Hall–Kier alpha value is -2.47. The lowest BCUT2D eigenvalue weighted by Crippen LogP contribution is -2.00. The molecule has 4 nitrogen and oxygen atoms in total. The normalized spacial score (nSPS) is 10.8. The van der Waals surface area contributed by atoms with Crippen LogP contribution < -0.4 is 0 Å². The van der Waals surface area contributed by atoms with Crippen molar-refractivity contribution in [1.82, 2.24) is 4.98 Å². The summed E-state index contributed by atoms with van der Waals surface area (Å²) in [5.41, 5.74) is 0.974. The molecule has 0 aliphatic heterocycles. The molecule has 1 aromatic carbocycles. The van der Waals surface area contributed by atoms with Crippen molar-refractivity contribution in [2.24, 2.45) is 0 Å². The van der Waals surface area contributed by atoms with Gasteiger partial charge in [0.25, 0.3) is 0 Å². The molecule has 0 saturated carbocycles. The summed E-state index contributed by atoms with van der Waals surface area (Å²) in [6, 6.07) is 7.54. The fraction of sp³-hybridized carbons (Fsp3) is 0.0625. The van der Waals surface area contributed by atoms with Gasteiger partial charge in [0.2, 0.25) is 0 Å². The molecule has 0 aliphatic rings. The molecule has 0 amide bonds. The second-order valence-electron chi connectivity index (χ2n) is 4.31. The van der Waals surface area contributed by atoms with E-state index in [9.17, 15) is 14.0 Å². The molecule has 1 N–H and O–H groups in total. The molecule has 0 aliphatic carbocycles. The van der Waals surface area contributed by atoms with E-state index in [2.05, 4.69) is 4.98 Å². The zero-order valence-electron chi connectivity index (χ0n) is 11.4. The monoisotopic (exact) mass is 317 g/mol. The Morgan fingerprint density at radius 2 is 2.14 bits per heavy atom. The number of halogens is 1. The Kier molecular flexibility index (Phi) is 5.43. The third-order valence-electron chi connectivity index (χ3n) is 2.68. The fourth-order valence-corrected chi connectivity index (χ4v) is 2.29. The van der Waals surface area contributed by atoms with Crippen LogP contribution in [0, 0.1) is 5.82 Å². The molecule has 0 radical (unpaired) electrons. The molecule has 1 heterocycles. The number of aliphatic carboxylic acids is 1. The molecule has 0 saturated heterocycles. The van der Waals surface area contributed by atoms with Gasteiger partial charge in [-0.25, -0.2) is 4.39 Å². The Morgan fingerprint density at radius 1 is 1.32 bits per heavy atom. The second-order valence-corrected chi connectivity index (χ2v) is 5.33. The molecule has 22 heavy (non-hydrogen) atoms. The highest BCUT2D eigenvalue weighted by Gasteiger charge is 2.09. The highest BCUT2D eigenvalue weighted by atomic mass is 32.2. The summed E-state index contributed by atoms with van der Waals surface area (Å²) < 4.78 is 13.8. The van der Waals surface area contributed by atoms with Crippen molar-refractivity contribution < 1.29 is 19.1 Å². The molecule has 0 unspecified atom stereocenters. The summed E-state index contributed by atoms with van der Waals surface area (Å²) in [4.78, 5) is 26.6. The number of nitrogens with zero attached hydrogens (tertiary/aromatic N) is 1. The molecule has 2 rings (SSSR count). The van der Waals surface area contributed by atoms with Gasteiger partial charge in [-0.2, -0.15) is 0 Å². The third kappa shape index (κ3) is 4.53. The highest BCUT2D eigenvalue weighted by Crippen LogP contribution is 2.22. The lowest BCUT2D eigenvalue weighted by Gasteiger charge is -2.03. The quantitative estimate of drug-likeness (QED) is 0.503. The topological polar surface area (TPSA) is 67.3 Å². The van der Waals surface area contributed by atoms with E-state index < -0.39 is 11.8 Å². The number of carbonyl (C=O) groups excluding carboxylic acids is 1. The van der Waals surface area contributed by atoms with Gasteiger partial charge >= 0.3 is 5.97 Å². The van der Waals surface area contributed by atoms with Crippen molar-refractivity contribution in [3.8, 4) is 0 Å². The average Bonchev–Trinajstić information content (AvgIpc) is 2.52. The molecule has 1 aromatic heterocycles. The van der Waals surface area contributed by atoms with E-state index in [0.717, 1.165) is 23.4 Å². The van der Waals surface area contributed by atoms with E-state index >= 15 is 0 Å². The van der Waals surface area contributed by atoms with Gasteiger partial charge in [0.1, 0.15) is 5.82 Å². The first kappa shape index (κ1) is 15.9. The minimum atomic E-state index is -1.02. The number of carbonyl (C=O) groups is 2. The van der Waals surface area contributed by atoms with Crippen LogP contribution in [0.4, 0.5) is 4.39 Å². The van der Waals surface area contributed by atoms with Crippen LogP contribution in [0.25, 0.3) is 6.08 Å². The van der Waals surface area contributed by atoms with Crippen molar-refractivity contribution in [2.75, 3.05) is 5.75 Å². The van der Waals surface area contributed by atoms with Crippen LogP contribution in [0.1, 0.15) is 15.9 Å². The maximum absolute atomic E-state index is 13.8. The van der Waals surface area contributed by atoms with E-state index in [1.807, 2.05) is 0 Å². The number of carboxylic acids is 1. The SMILES string of the molecule is O=C(O)CSc1ccc(C(=O)C=Cc2cccnc2)cc1F. The maximum Gasteiger partial charge on any atom is 0.313 e. The highest BCUT2D eigenvalue weighted by molar-refractivity contribution is 8.00. The summed E-state index contributed by atoms with van der Waals surface area (Å²) in [6.45, 7) is 0. The molecule has 6 heteroatoms. The Morgan fingerprint density at radius 3 is 2.77 bits per heavy atom. The molecular formula is C16H12FNO3S. The number of benzene rings is 1. The Labute approximate surface area is 130 Å². The molecule has 0 bridgehead atoms. The number of thioether (sulfide) groups is 1. The summed E-state index contributed by atoms with van der Waals surface area (Å²) in [7, 11) is 0. The van der Waals surface area contributed by atoms with Crippen LogP contribution in [0.15, 0.2) is 53.7 Å². The number of hydrogen-bond acceptors (Lipinski definition) is 4. The van der Waals surface area contributed by atoms with Crippen molar-refractivity contribution in [3.05, 3.63) is 65.7 Å². The summed E-state index contributed by atoms with van der Waals surface area (Å²) in [5.74, 6) is -2.20. The number of rotatable bonds is 6. The molecule has 2 aromatic rings. The van der Waals surface area contributed by atoms with Crippen LogP contribution in [0.5, 0.6) is 0 Å². The van der Waals surface area contributed by atoms with Crippen LogP contribution in [0.3, 0.4) is 0 Å². The lowest BCUT2D eigenvalue weighted by molar-refractivity contribution is -0.133. The zero-order valence-corrected chi connectivity index (χ0v) is 12.2. The number of hydrogen-bond donors (Lipinski definition) is 1. The van der Waals surface area contributed by atoms with E-state index in [4.69, 9.17) is 5.11 Å². The van der Waals surface area contributed by atoms with Crippen LogP contribution in [0.2, 0.25) is 0 Å². The van der Waals surface area contributed by atoms with Gasteiger partial charge in [0.05, 0.1) is 5.75 Å². The summed E-state index contributed by atoms with van der Waals surface area (Å²) in [5, 5.41) is 8.58. The van der Waals surface area contributed by atoms with Gasteiger partial charge in [0.15, 0.2) is 5.78 Å². The smallest absolute Gasteiger partial charge is 0.313 e. The predicted octanol–water partition coefficient (Wildman–Crippen LogP) is 3.29. The minimum Gasteiger partial charge on any atom is -0.481 e. The number of pyridine rings is 1. The van der Waals surface area contributed by atoms with Gasteiger partial charge in [-0.1, -0.05) is 6.07 Å². The molecule has 0 fully saturated rings. The first-order chi connectivity index (χ1) is 10.6. The number of ketones is 1. The number of carboxylic acid groups (broad SMARTS) is 1. The van der Waals surface area contributed by atoms with E-state index in [1.165, 1.54) is 18.2 Å². The van der Waals surface area contributed by atoms with Crippen LogP contribution in [-0.2, 0) is 4.79 Å². The lowest BCUT2D eigenvalue weighted by atomic mass is 10.1. The molecule has 0 atom stereocenters. The van der Waals surface area contributed by atoms with Gasteiger partial charge in [-0.05, 0) is 42.0 Å². The van der Waals surface area contributed by atoms with E-state index in [1.54, 1.807) is 30.6 Å². The molecule has 0 spiro atoms. The maximum atomic E-state index is 13.8. The standard InChI is InChI=1S/C16H12FNO3S/c17-13-8-12(4-6-15(13)22-10-16(20)21)14(19)5-3-11-2-1-7-18-9-11/h1-9H,10H2,(H,20,21). The largest absolute Gasteiger partial charge is 0.481 e. The Balaban J connectivity index is 2.09. The predicted molar refractivity (Wildman–Crippen MR) is 82.4 cm³/mol. The van der Waals surface area contributed by atoms with Crippen molar-refractivity contribution in [3.63, 3.8) is 0 Å². The van der Waals surface area contributed by atoms with Crippen molar-refractivity contribution >= 4 is 29.6 Å². The number of allylic oxidation sites excluding steroid dienone is 1. The summed E-state index contributed by atoms with van der Waals surface area (Å²) in [6.07, 6.45) is 6.17.